The second-order valence-electron chi connectivity index (χ2n) is 8.04. The molecule has 4 rings (SSSR count). The average molecular weight is 402 g/mol. The number of anilines is 2. The van der Waals surface area contributed by atoms with E-state index >= 15 is 0 Å². The number of hydrogen-bond acceptors (Lipinski definition) is 7. The first-order chi connectivity index (χ1) is 14.3. The molecule has 158 valence electrons. The maximum atomic E-state index is 11.1. The Bertz CT molecular complexity index is 826. The fourth-order valence-corrected chi connectivity index (χ4v) is 4.27. The minimum atomic E-state index is -0.314. The van der Waals surface area contributed by atoms with Crippen molar-refractivity contribution in [2.45, 2.75) is 64.3 Å². The Morgan fingerprint density at radius 1 is 0.966 bits per heavy atom. The zero-order valence-electron chi connectivity index (χ0n) is 17.0. The van der Waals surface area contributed by atoms with Gasteiger partial charge in [0.2, 0.25) is 11.9 Å². The maximum absolute atomic E-state index is 11.1. The van der Waals surface area contributed by atoms with E-state index in [0.29, 0.717) is 6.42 Å². The second-order valence-corrected chi connectivity index (χ2v) is 8.04. The molecule has 9 heteroatoms. The zero-order chi connectivity index (χ0) is 20.1. The van der Waals surface area contributed by atoms with Gasteiger partial charge in [-0.3, -0.25) is 10.0 Å². The number of hydrogen-bond donors (Lipinski definition) is 2. The molecule has 0 unspecified atom stereocenters. The van der Waals surface area contributed by atoms with Gasteiger partial charge in [-0.15, -0.1) is 0 Å². The third-order valence-corrected chi connectivity index (χ3v) is 5.91. The lowest BCUT2D eigenvalue weighted by atomic mass is 10.1. The minimum absolute atomic E-state index is 0.314. The zero-order valence-corrected chi connectivity index (χ0v) is 17.0. The van der Waals surface area contributed by atoms with Gasteiger partial charge in [-0.2, -0.15) is 9.97 Å². The molecule has 2 aromatic rings. The highest BCUT2D eigenvalue weighted by Gasteiger charge is 2.24. The summed E-state index contributed by atoms with van der Waals surface area (Å²) in [7, 11) is 0. The number of rotatable bonds is 9. The van der Waals surface area contributed by atoms with E-state index in [1.807, 2.05) is 6.33 Å². The van der Waals surface area contributed by atoms with Crippen molar-refractivity contribution in [3.05, 3.63) is 6.33 Å². The Morgan fingerprint density at radius 3 is 2.38 bits per heavy atom. The SMILES string of the molecule is O=C(CCCCCCn1cnc2c(N3CCCC3)nc(N3CCCC3)nc21)NO. The van der Waals surface area contributed by atoms with Gasteiger partial charge in [-0.25, -0.2) is 10.5 Å². The molecule has 0 bridgehead atoms. The number of aromatic nitrogens is 4. The molecular weight excluding hydrogens is 370 g/mol. The smallest absolute Gasteiger partial charge is 0.243 e. The summed E-state index contributed by atoms with van der Waals surface area (Å²) in [5, 5.41) is 8.54. The summed E-state index contributed by atoms with van der Waals surface area (Å²) < 4.78 is 2.15. The second kappa shape index (κ2) is 9.39. The number of fused-ring (bicyclic) bond motifs is 1. The fourth-order valence-electron chi connectivity index (χ4n) is 4.27. The van der Waals surface area contributed by atoms with Crippen LogP contribution in [0.4, 0.5) is 11.8 Å². The summed E-state index contributed by atoms with van der Waals surface area (Å²) in [4.78, 5) is 30.2. The normalized spacial score (nSPS) is 16.9. The van der Waals surface area contributed by atoms with Crippen LogP contribution in [0.2, 0.25) is 0 Å². The summed E-state index contributed by atoms with van der Waals surface area (Å²) in [6.07, 6.45) is 10.9. The number of unbranched alkanes of at least 4 members (excludes halogenated alkanes) is 3. The lowest BCUT2D eigenvalue weighted by Crippen LogP contribution is -2.24. The van der Waals surface area contributed by atoms with E-state index in [4.69, 9.17) is 15.2 Å². The number of nitrogens with one attached hydrogen (secondary N) is 1. The van der Waals surface area contributed by atoms with Crippen LogP contribution in [0.5, 0.6) is 0 Å². The average Bonchev–Trinajstić information content (AvgIpc) is 3.51. The van der Waals surface area contributed by atoms with Crippen LogP contribution in [0, 0.1) is 0 Å². The van der Waals surface area contributed by atoms with Gasteiger partial charge < -0.3 is 14.4 Å². The number of aryl methyl sites for hydroxylation is 1. The first-order valence-corrected chi connectivity index (χ1v) is 10.9. The molecule has 1 amide bonds. The van der Waals surface area contributed by atoms with E-state index in [2.05, 4.69) is 19.4 Å². The molecule has 0 aliphatic carbocycles. The summed E-state index contributed by atoms with van der Waals surface area (Å²) in [6, 6.07) is 0. The molecular formula is C20H31N7O2. The molecule has 0 saturated carbocycles. The van der Waals surface area contributed by atoms with Crippen LogP contribution in [0.15, 0.2) is 6.33 Å². The van der Waals surface area contributed by atoms with E-state index in [1.165, 1.54) is 25.7 Å². The van der Waals surface area contributed by atoms with Crippen LogP contribution >= 0.6 is 0 Å². The molecule has 0 atom stereocenters. The summed E-state index contributed by atoms with van der Waals surface area (Å²) in [5.41, 5.74) is 3.53. The number of carbonyl (C=O) groups is 1. The van der Waals surface area contributed by atoms with E-state index < -0.39 is 0 Å². The molecule has 0 aromatic carbocycles. The molecule has 4 heterocycles. The van der Waals surface area contributed by atoms with Crippen molar-refractivity contribution in [3.63, 3.8) is 0 Å². The van der Waals surface area contributed by atoms with Crippen LogP contribution in [0.3, 0.4) is 0 Å². The van der Waals surface area contributed by atoms with Crippen LogP contribution in [-0.2, 0) is 11.3 Å². The summed E-state index contributed by atoms with van der Waals surface area (Å²) in [5.74, 6) is 1.52. The van der Waals surface area contributed by atoms with E-state index in [9.17, 15) is 4.79 Å². The molecule has 2 saturated heterocycles. The summed E-state index contributed by atoms with van der Waals surface area (Å²) in [6.45, 7) is 5.00. The standard InChI is InChI=1S/C20H31N7O2/c28-16(24-29)9-3-1-2-4-14-27-15-21-17-18(25-10-5-6-11-25)22-20(23-19(17)27)26-12-7-8-13-26/h15,29H,1-14H2,(H,24,28). The molecule has 0 spiro atoms. The number of hydroxylamine groups is 1. The van der Waals surface area contributed by atoms with Gasteiger partial charge in [0, 0.05) is 39.1 Å². The first-order valence-electron chi connectivity index (χ1n) is 10.9. The van der Waals surface area contributed by atoms with Gasteiger partial charge in [0.25, 0.3) is 0 Å². The number of carbonyl (C=O) groups excluding carboxylic acids is 1. The van der Waals surface area contributed by atoms with Crippen molar-refractivity contribution in [2.75, 3.05) is 36.0 Å². The number of amides is 1. The van der Waals surface area contributed by atoms with E-state index in [1.54, 1.807) is 5.48 Å². The molecule has 2 aliphatic heterocycles. The van der Waals surface area contributed by atoms with E-state index in [-0.39, 0.29) is 5.91 Å². The first kappa shape index (κ1) is 19.9. The van der Waals surface area contributed by atoms with Crippen LogP contribution in [-0.4, -0.2) is 56.8 Å². The van der Waals surface area contributed by atoms with Crippen molar-refractivity contribution in [3.8, 4) is 0 Å². The molecule has 2 aromatic heterocycles. The van der Waals surface area contributed by atoms with Crippen molar-refractivity contribution < 1.29 is 10.0 Å². The van der Waals surface area contributed by atoms with Gasteiger partial charge >= 0.3 is 0 Å². The van der Waals surface area contributed by atoms with Gasteiger partial charge in [-0.1, -0.05) is 12.8 Å². The van der Waals surface area contributed by atoms with Crippen LogP contribution < -0.4 is 15.3 Å². The number of imidazole rings is 1. The highest BCUT2D eigenvalue weighted by atomic mass is 16.5. The van der Waals surface area contributed by atoms with Gasteiger partial charge in [0.15, 0.2) is 17.0 Å². The predicted molar refractivity (Wildman–Crippen MR) is 111 cm³/mol. The molecule has 2 aliphatic rings. The highest BCUT2D eigenvalue weighted by Crippen LogP contribution is 2.29. The Labute approximate surface area is 171 Å². The van der Waals surface area contributed by atoms with Crippen molar-refractivity contribution in [2.24, 2.45) is 0 Å². The van der Waals surface area contributed by atoms with Gasteiger partial charge in [0.05, 0.1) is 6.33 Å². The largest absolute Gasteiger partial charge is 0.355 e. The molecule has 2 fully saturated rings. The van der Waals surface area contributed by atoms with E-state index in [0.717, 1.165) is 81.3 Å². The van der Waals surface area contributed by atoms with Gasteiger partial charge in [0.1, 0.15) is 0 Å². The quantitative estimate of drug-likeness (QED) is 0.378. The Morgan fingerprint density at radius 2 is 1.66 bits per heavy atom. The molecule has 0 radical (unpaired) electrons. The van der Waals surface area contributed by atoms with Crippen molar-refractivity contribution in [1.82, 2.24) is 25.0 Å². The van der Waals surface area contributed by atoms with Gasteiger partial charge in [-0.05, 0) is 38.5 Å². The molecule has 9 nitrogen and oxygen atoms in total. The topological polar surface area (TPSA) is 99.4 Å². The monoisotopic (exact) mass is 401 g/mol. The maximum Gasteiger partial charge on any atom is 0.243 e. The van der Waals surface area contributed by atoms with Crippen LogP contribution in [0.1, 0.15) is 57.8 Å². The third-order valence-electron chi connectivity index (χ3n) is 5.91. The third kappa shape index (κ3) is 4.60. The van der Waals surface area contributed by atoms with Crippen molar-refractivity contribution >= 4 is 28.8 Å². The molecule has 29 heavy (non-hydrogen) atoms. The fraction of sp³-hybridized carbons (Fsp3) is 0.700. The Balaban J connectivity index is 1.47. The van der Waals surface area contributed by atoms with Crippen molar-refractivity contribution in [1.29, 1.82) is 0 Å². The lowest BCUT2D eigenvalue weighted by molar-refractivity contribution is -0.129. The minimum Gasteiger partial charge on any atom is -0.355 e. The summed E-state index contributed by atoms with van der Waals surface area (Å²) >= 11 is 0. The Hall–Kier alpha value is -2.42. The predicted octanol–water partition coefficient (Wildman–Crippen LogP) is 2.48. The molecule has 2 N–H and O–H groups in total. The van der Waals surface area contributed by atoms with Crippen LogP contribution in [0.25, 0.3) is 11.2 Å². The highest BCUT2D eigenvalue weighted by molar-refractivity contribution is 5.85. The lowest BCUT2D eigenvalue weighted by Gasteiger charge is -2.21. The number of nitrogens with zero attached hydrogens (tertiary/aromatic N) is 6. The Kier molecular flexibility index (Phi) is 6.43.